The van der Waals surface area contributed by atoms with Gasteiger partial charge in [0, 0.05) is 45.0 Å². The summed E-state index contributed by atoms with van der Waals surface area (Å²) >= 11 is 0. The van der Waals surface area contributed by atoms with Gasteiger partial charge in [-0.05, 0) is 61.7 Å². The first-order valence-electron chi connectivity index (χ1n) is 11.4. The van der Waals surface area contributed by atoms with Gasteiger partial charge in [0.2, 0.25) is 0 Å². The Morgan fingerprint density at radius 1 is 0.710 bits per heavy atom. The van der Waals surface area contributed by atoms with Crippen LogP contribution in [0.5, 0.6) is 0 Å². The number of anilines is 1. The normalized spacial score (nSPS) is 19.0. The standard InChI is InChI=1S/C25H32F3N3/c26-25(27,28)23-8-5-9-24(19-23)31-16-14-30(15-17-31)20-22-7-4-6-21(18-22)10-13-29-11-2-1-3-12-29/h4-9,18-19H,1-3,10-17,20H2. The molecule has 0 bridgehead atoms. The van der Waals surface area contributed by atoms with E-state index >= 15 is 0 Å². The number of likely N-dealkylation sites (tertiary alicyclic amines) is 1. The Hall–Kier alpha value is -2.05. The van der Waals surface area contributed by atoms with Crippen LogP contribution in [0.25, 0.3) is 0 Å². The van der Waals surface area contributed by atoms with Crippen LogP contribution in [0.4, 0.5) is 18.9 Å². The van der Waals surface area contributed by atoms with Gasteiger partial charge in [-0.2, -0.15) is 13.2 Å². The zero-order valence-corrected chi connectivity index (χ0v) is 18.1. The summed E-state index contributed by atoms with van der Waals surface area (Å²) in [6.07, 6.45) is 0.820. The quantitative estimate of drug-likeness (QED) is 0.633. The first kappa shape index (κ1) is 22.2. The summed E-state index contributed by atoms with van der Waals surface area (Å²) in [5.41, 5.74) is 2.80. The summed E-state index contributed by atoms with van der Waals surface area (Å²) in [5, 5.41) is 0. The van der Waals surface area contributed by atoms with Gasteiger partial charge in [-0.3, -0.25) is 4.90 Å². The average Bonchev–Trinajstić information content (AvgIpc) is 2.79. The first-order chi connectivity index (χ1) is 15.0. The molecule has 0 N–H and O–H groups in total. The van der Waals surface area contributed by atoms with Crippen molar-refractivity contribution in [1.82, 2.24) is 9.80 Å². The molecule has 2 aliphatic rings. The lowest BCUT2D eigenvalue weighted by molar-refractivity contribution is -0.137. The largest absolute Gasteiger partial charge is 0.416 e. The summed E-state index contributed by atoms with van der Waals surface area (Å²) in [6, 6.07) is 14.6. The number of rotatable bonds is 6. The molecule has 0 saturated carbocycles. The van der Waals surface area contributed by atoms with Gasteiger partial charge in [0.1, 0.15) is 0 Å². The summed E-state index contributed by atoms with van der Waals surface area (Å²) in [5.74, 6) is 0. The molecule has 0 atom stereocenters. The number of benzene rings is 2. The number of piperazine rings is 1. The molecule has 0 spiro atoms. The van der Waals surface area contributed by atoms with Gasteiger partial charge in [0.25, 0.3) is 0 Å². The number of alkyl halides is 3. The van der Waals surface area contributed by atoms with Crippen LogP contribution in [-0.2, 0) is 19.1 Å². The van der Waals surface area contributed by atoms with Gasteiger partial charge in [-0.25, -0.2) is 0 Å². The Bertz CT molecular complexity index is 838. The van der Waals surface area contributed by atoms with Crippen molar-refractivity contribution in [2.45, 2.75) is 38.4 Å². The van der Waals surface area contributed by atoms with E-state index in [4.69, 9.17) is 0 Å². The minimum absolute atomic E-state index is 0.575. The Morgan fingerprint density at radius 3 is 2.16 bits per heavy atom. The van der Waals surface area contributed by atoms with Gasteiger partial charge >= 0.3 is 6.18 Å². The van der Waals surface area contributed by atoms with Crippen molar-refractivity contribution in [1.29, 1.82) is 0 Å². The van der Waals surface area contributed by atoms with Crippen LogP contribution in [0.1, 0.15) is 36.0 Å². The van der Waals surface area contributed by atoms with Gasteiger partial charge in [0.05, 0.1) is 5.56 Å². The summed E-state index contributed by atoms with van der Waals surface area (Å²) in [6.45, 7) is 7.70. The van der Waals surface area contributed by atoms with E-state index in [0.717, 1.165) is 51.8 Å². The third-order valence-electron chi connectivity index (χ3n) is 6.47. The fourth-order valence-corrected chi connectivity index (χ4v) is 4.66. The molecule has 2 fully saturated rings. The Balaban J connectivity index is 1.28. The first-order valence-corrected chi connectivity index (χ1v) is 11.4. The zero-order chi connectivity index (χ0) is 21.7. The van der Waals surface area contributed by atoms with E-state index in [1.165, 1.54) is 55.6 Å². The highest BCUT2D eigenvalue weighted by molar-refractivity contribution is 5.49. The van der Waals surface area contributed by atoms with Crippen LogP contribution < -0.4 is 4.90 Å². The molecule has 3 nitrogen and oxygen atoms in total. The zero-order valence-electron chi connectivity index (χ0n) is 18.1. The number of hydrogen-bond acceptors (Lipinski definition) is 3. The van der Waals surface area contributed by atoms with Crippen LogP contribution in [0, 0.1) is 0 Å². The summed E-state index contributed by atoms with van der Waals surface area (Å²) < 4.78 is 39.0. The van der Waals surface area contributed by atoms with E-state index < -0.39 is 11.7 Å². The van der Waals surface area contributed by atoms with E-state index in [0.29, 0.717) is 5.69 Å². The topological polar surface area (TPSA) is 9.72 Å². The molecule has 2 aromatic carbocycles. The molecule has 0 aromatic heterocycles. The van der Waals surface area contributed by atoms with E-state index in [1.807, 2.05) is 0 Å². The van der Waals surface area contributed by atoms with E-state index in [2.05, 4.69) is 39.0 Å². The Labute approximate surface area is 183 Å². The van der Waals surface area contributed by atoms with E-state index in [-0.39, 0.29) is 0 Å². The average molecular weight is 432 g/mol. The van der Waals surface area contributed by atoms with Crippen molar-refractivity contribution in [3.63, 3.8) is 0 Å². The predicted molar refractivity (Wildman–Crippen MR) is 119 cm³/mol. The molecule has 31 heavy (non-hydrogen) atoms. The highest BCUT2D eigenvalue weighted by Gasteiger charge is 2.31. The monoisotopic (exact) mass is 431 g/mol. The second-order valence-electron chi connectivity index (χ2n) is 8.78. The molecule has 168 valence electrons. The SMILES string of the molecule is FC(F)(F)c1cccc(N2CCN(Cc3cccc(CCN4CCCCC4)c3)CC2)c1. The second kappa shape index (κ2) is 10.0. The highest BCUT2D eigenvalue weighted by Crippen LogP contribution is 2.32. The maximum absolute atomic E-state index is 13.0. The summed E-state index contributed by atoms with van der Waals surface area (Å²) in [4.78, 5) is 7.03. The minimum Gasteiger partial charge on any atom is -0.369 e. The molecule has 2 saturated heterocycles. The molecule has 0 radical (unpaired) electrons. The van der Waals surface area contributed by atoms with Gasteiger partial charge in [0.15, 0.2) is 0 Å². The van der Waals surface area contributed by atoms with E-state index in [1.54, 1.807) is 6.07 Å². The van der Waals surface area contributed by atoms with Gasteiger partial charge in [-0.1, -0.05) is 36.8 Å². The smallest absolute Gasteiger partial charge is 0.369 e. The molecule has 0 amide bonds. The third-order valence-corrected chi connectivity index (χ3v) is 6.47. The third kappa shape index (κ3) is 6.23. The molecule has 0 unspecified atom stereocenters. The molecule has 2 aliphatic heterocycles. The minimum atomic E-state index is -4.29. The second-order valence-corrected chi connectivity index (χ2v) is 8.78. The Morgan fingerprint density at radius 2 is 1.42 bits per heavy atom. The summed E-state index contributed by atoms with van der Waals surface area (Å²) in [7, 11) is 0. The fraction of sp³-hybridized carbons (Fsp3) is 0.520. The molecule has 6 heteroatoms. The Kier molecular flexibility index (Phi) is 7.18. The number of piperidine rings is 1. The van der Waals surface area contributed by atoms with Crippen LogP contribution >= 0.6 is 0 Å². The maximum atomic E-state index is 13.0. The van der Waals surface area contributed by atoms with Crippen LogP contribution in [0.2, 0.25) is 0 Å². The van der Waals surface area contributed by atoms with E-state index in [9.17, 15) is 13.2 Å². The molecular formula is C25H32F3N3. The van der Waals surface area contributed by atoms with Gasteiger partial charge in [-0.15, -0.1) is 0 Å². The van der Waals surface area contributed by atoms with Crippen molar-refractivity contribution in [3.8, 4) is 0 Å². The number of halogens is 3. The highest BCUT2D eigenvalue weighted by atomic mass is 19.4. The molecular weight excluding hydrogens is 399 g/mol. The van der Waals surface area contributed by atoms with Crippen molar-refractivity contribution < 1.29 is 13.2 Å². The predicted octanol–water partition coefficient (Wildman–Crippen LogP) is 5.06. The number of nitrogens with zero attached hydrogens (tertiary/aromatic N) is 3. The van der Waals surface area contributed by atoms with Gasteiger partial charge < -0.3 is 9.80 Å². The molecule has 2 aromatic rings. The molecule has 2 heterocycles. The number of hydrogen-bond donors (Lipinski definition) is 0. The van der Waals surface area contributed by atoms with Crippen molar-refractivity contribution >= 4 is 5.69 Å². The fourth-order valence-electron chi connectivity index (χ4n) is 4.66. The van der Waals surface area contributed by atoms with Crippen molar-refractivity contribution in [2.24, 2.45) is 0 Å². The lowest BCUT2D eigenvalue weighted by atomic mass is 10.1. The van der Waals surface area contributed by atoms with Crippen LogP contribution in [0.15, 0.2) is 48.5 Å². The van der Waals surface area contributed by atoms with Crippen molar-refractivity contribution in [2.75, 3.05) is 50.7 Å². The molecule has 4 rings (SSSR count). The lowest BCUT2D eigenvalue weighted by Gasteiger charge is -2.36. The lowest BCUT2D eigenvalue weighted by Crippen LogP contribution is -2.46. The maximum Gasteiger partial charge on any atom is 0.416 e. The van der Waals surface area contributed by atoms with Crippen LogP contribution in [0.3, 0.4) is 0 Å². The van der Waals surface area contributed by atoms with Crippen molar-refractivity contribution in [3.05, 3.63) is 65.2 Å². The van der Waals surface area contributed by atoms with Crippen LogP contribution in [-0.4, -0.2) is 55.6 Å². The molecule has 0 aliphatic carbocycles.